The molecule has 9 nitrogen and oxygen atoms in total. The Morgan fingerprint density at radius 3 is 1.38 bits per heavy atom. The average molecular weight is 798 g/mol. The van der Waals surface area contributed by atoms with E-state index in [4.69, 9.17) is 33.2 Å². The van der Waals surface area contributed by atoms with Crippen molar-refractivity contribution in [2.75, 3.05) is 91.2 Å². The standard InChI is InChI=1S/C44H70F3NO8/c1-2-3-4-5-6-7-8-9-10-11-12-13-14-15-16-19-25-50-26-27-51-28-29-52-30-31-53-32-33-54-34-35-55-36-37-56-43(49)41-23-17-18-24-42(41)48-40-22-20-21-39(38-40)44(45,46)47/h17-18,20-24,38,48H,2-16,19,25-37H2,1H3. The van der Waals surface area contributed by atoms with Gasteiger partial charge in [-0.25, -0.2) is 4.79 Å². The number of benzene rings is 2. The van der Waals surface area contributed by atoms with Crippen LogP contribution in [0.15, 0.2) is 48.5 Å². The molecule has 12 heteroatoms. The third kappa shape index (κ3) is 27.0. The molecule has 1 N–H and O–H groups in total. The Labute approximate surface area is 334 Å². The van der Waals surface area contributed by atoms with Crippen LogP contribution in [0.4, 0.5) is 24.5 Å². The quantitative estimate of drug-likeness (QED) is 0.0526. The van der Waals surface area contributed by atoms with Crippen molar-refractivity contribution in [2.24, 2.45) is 0 Å². The second kappa shape index (κ2) is 34.3. The Kier molecular flexibility index (Phi) is 30.3. The first-order chi connectivity index (χ1) is 27.4. The molecule has 2 aromatic carbocycles. The Bertz CT molecular complexity index is 1220. The van der Waals surface area contributed by atoms with Crippen LogP contribution >= 0.6 is 0 Å². The molecule has 320 valence electrons. The predicted octanol–water partition coefficient (Wildman–Crippen LogP) is 11.0. The summed E-state index contributed by atoms with van der Waals surface area (Å²) in [5.74, 6) is -0.616. The first-order valence-corrected chi connectivity index (χ1v) is 21.1. The lowest BCUT2D eigenvalue weighted by Crippen LogP contribution is -2.15. The second-order valence-electron chi connectivity index (χ2n) is 13.9. The van der Waals surface area contributed by atoms with Gasteiger partial charge in [-0.15, -0.1) is 0 Å². The monoisotopic (exact) mass is 798 g/mol. The Morgan fingerprint density at radius 1 is 0.500 bits per heavy atom. The Hall–Kier alpha value is -2.74. The van der Waals surface area contributed by atoms with Crippen LogP contribution in [0.25, 0.3) is 0 Å². The fourth-order valence-electron chi connectivity index (χ4n) is 5.92. The number of hydrogen-bond donors (Lipinski definition) is 1. The van der Waals surface area contributed by atoms with Crippen LogP contribution < -0.4 is 5.32 Å². The number of alkyl halides is 3. The van der Waals surface area contributed by atoms with Crippen LogP contribution in [0, 0.1) is 0 Å². The van der Waals surface area contributed by atoms with Gasteiger partial charge >= 0.3 is 12.1 Å². The highest BCUT2D eigenvalue weighted by Crippen LogP contribution is 2.32. The smallest absolute Gasteiger partial charge is 0.416 e. The number of carbonyl (C=O) groups excluding carboxylic acids is 1. The van der Waals surface area contributed by atoms with Gasteiger partial charge in [0, 0.05) is 12.3 Å². The molecule has 0 saturated carbocycles. The van der Waals surface area contributed by atoms with E-state index in [1.54, 1.807) is 18.2 Å². The number of halogens is 3. The zero-order valence-electron chi connectivity index (χ0n) is 34.0. The normalized spacial score (nSPS) is 11.6. The minimum Gasteiger partial charge on any atom is -0.460 e. The van der Waals surface area contributed by atoms with Crippen molar-refractivity contribution >= 4 is 17.3 Å². The van der Waals surface area contributed by atoms with E-state index >= 15 is 0 Å². The summed E-state index contributed by atoms with van der Waals surface area (Å²) >= 11 is 0. The van der Waals surface area contributed by atoms with Crippen molar-refractivity contribution in [2.45, 2.75) is 116 Å². The van der Waals surface area contributed by atoms with Gasteiger partial charge in [-0.05, 0) is 36.8 Å². The molecule has 0 unspecified atom stereocenters. The number of nitrogens with one attached hydrogen (secondary N) is 1. The van der Waals surface area contributed by atoms with E-state index in [1.165, 1.54) is 115 Å². The molecule has 0 atom stereocenters. The van der Waals surface area contributed by atoms with Gasteiger partial charge in [-0.1, -0.05) is 121 Å². The highest BCUT2D eigenvalue weighted by Gasteiger charge is 2.30. The second-order valence-corrected chi connectivity index (χ2v) is 13.9. The van der Waals surface area contributed by atoms with Gasteiger partial charge in [0.15, 0.2) is 0 Å². The van der Waals surface area contributed by atoms with E-state index in [2.05, 4.69) is 12.2 Å². The molecule has 0 aliphatic rings. The SMILES string of the molecule is CCCCCCCCCCCCCCCCCCOCCOCCOCCOCCOCCOCCOC(=O)c1ccccc1Nc1cccc(C(F)(F)F)c1. The average Bonchev–Trinajstić information content (AvgIpc) is 3.19. The van der Waals surface area contributed by atoms with Gasteiger partial charge in [-0.3, -0.25) is 0 Å². The van der Waals surface area contributed by atoms with Crippen molar-refractivity contribution in [3.05, 3.63) is 59.7 Å². The first kappa shape index (κ1) is 49.4. The number of anilines is 2. The van der Waals surface area contributed by atoms with Crippen LogP contribution in [0.1, 0.15) is 126 Å². The molecule has 0 aliphatic heterocycles. The van der Waals surface area contributed by atoms with Crippen LogP contribution in [0.2, 0.25) is 0 Å². The molecule has 56 heavy (non-hydrogen) atoms. The van der Waals surface area contributed by atoms with E-state index in [-0.39, 0.29) is 24.5 Å². The topological polar surface area (TPSA) is 93.7 Å². The lowest BCUT2D eigenvalue weighted by atomic mass is 10.0. The van der Waals surface area contributed by atoms with Crippen molar-refractivity contribution in [3.63, 3.8) is 0 Å². The molecule has 0 fully saturated rings. The molecule has 0 bridgehead atoms. The zero-order chi connectivity index (χ0) is 40.2. The van der Waals surface area contributed by atoms with Gasteiger partial charge in [0.05, 0.1) is 89.5 Å². The summed E-state index contributed by atoms with van der Waals surface area (Å²) < 4.78 is 77.7. The van der Waals surface area contributed by atoms with Gasteiger partial charge in [0.2, 0.25) is 0 Å². The van der Waals surface area contributed by atoms with Crippen LogP contribution in [-0.2, 0) is 39.3 Å². The van der Waals surface area contributed by atoms with Crippen LogP contribution in [0.5, 0.6) is 0 Å². The number of hydrogen-bond acceptors (Lipinski definition) is 9. The maximum absolute atomic E-state index is 13.1. The largest absolute Gasteiger partial charge is 0.460 e. The number of unbranched alkanes of at least 4 members (excludes halogenated alkanes) is 15. The molecule has 2 aromatic rings. The third-order valence-electron chi connectivity index (χ3n) is 9.08. The summed E-state index contributed by atoms with van der Waals surface area (Å²) in [6, 6.07) is 11.2. The molecule has 0 amide bonds. The minimum atomic E-state index is -4.47. The van der Waals surface area contributed by atoms with Crippen molar-refractivity contribution in [1.82, 2.24) is 0 Å². The van der Waals surface area contributed by atoms with Gasteiger partial charge in [-0.2, -0.15) is 13.2 Å². The summed E-state index contributed by atoms with van der Waals surface area (Å²) in [4.78, 5) is 12.6. The Balaban J connectivity index is 1.27. The first-order valence-electron chi connectivity index (χ1n) is 21.1. The number of rotatable bonds is 38. The van der Waals surface area contributed by atoms with Gasteiger partial charge in [0.25, 0.3) is 0 Å². The molecule has 2 rings (SSSR count). The van der Waals surface area contributed by atoms with Crippen molar-refractivity contribution in [3.8, 4) is 0 Å². The predicted molar refractivity (Wildman–Crippen MR) is 216 cm³/mol. The minimum absolute atomic E-state index is 0.0122. The summed E-state index contributed by atoms with van der Waals surface area (Å²) in [5, 5.41) is 2.87. The lowest BCUT2D eigenvalue weighted by Gasteiger charge is -2.13. The van der Waals surface area contributed by atoms with E-state index in [9.17, 15) is 18.0 Å². The molecular weight excluding hydrogens is 727 g/mol. The van der Waals surface area contributed by atoms with E-state index < -0.39 is 17.7 Å². The van der Waals surface area contributed by atoms with E-state index in [0.29, 0.717) is 71.8 Å². The molecular formula is C44H70F3NO8. The fourth-order valence-corrected chi connectivity index (χ4v) is 5.92. The summed E-state index contributed by atoms with van der Waals surface area (Å²) in [6.07, 6.45) is 17.4. The zero-order valence-corrected chi connectivity index (χ0v) is 34.0. The Morgan fingerprint density at radius 2 is 0.911 bits per heavy atom. The maximum Gasteiger partial charge on any atom is 0.416 e. The summed E-state index contributed by atoms with van der Waals surface area (Å²) in [6.45, 7) is 7.96. The highest BCUT2D eigenvalue weighted by atomic mass is 19.4. The van der Waals surface area contributed by atoms with Crippen LogP contribution in [0.3, 0.4) is 0 Å². The summed E-state index contributed by atoms with van der Waals surface area (Å²) in [7, 11) is 0. The molecule has 0 aromatic heterocycles. The fraction of sp³-hybridized carbons (Fsp3) is 0.705. The van der Waals surface area contributed by atoms with Crippen molar-refractivity contribution < 1.29 is 51.1 Å². The van der Waals surface area contributed by atoms with Gasteiger partial charge < -0.3 is 38.5 Å². The molecule has 0 saturated heterocycles. The summed E-state index contributed by atoms with van der Waals surface area (Å²) in [5.41, 5.74) is -0.0515. The number of esters is 1. The van der Waals surface area contributed by atoms with E-state index in [1.807, 2.05) is 0 Å². The van der Waals surface area contributed by atoms with Crippen LogP contribution in [-0.4, -0.2) is 91.9 Å². The van der Waals surface area contributed by atoms with Gasteiger partial charge in [0.1, 0.15) is 6.61 Å². The lowest BCUT2D eigenvalue weighted by molar-refractivity contribution is -0.137. The molecule has 0 heterocycles. The molecule has 0 aliphatic carbocycles. The maximum atomic E-state index is 13.1. The number of carbonyl (C=O) groups is 1. The number of para-hydroxylation sites is 1. The molecule has 0 radical (unpaired) electrons. The van der Waals surface area contributed by atoms with E-state index in [0.717, 1.165) is 25.2 Å². The highest BCUT2D eigenvalue weighted by molar-refractivity contribution is 5.96. The van der Waals surface area contributed by atoms with Crippen molar-refractivity contribution in [1.29, 1.82) is 0 Å². The molecule has 0 spiro atoms. The number of ether oxygens (including phenoxy) is 7. The third-order valence-corrected chi connectivity index (χ3v) is 9.08.